The lowest BCUT2D eigenvalue weighted by Crippen LogP contribution is -2.46. The van der Waals surface area contributed by atoms with Gasteiger partial charge in [0.05, 0.1) is 4.90 Å². The summed E-state index contributed by atoms with van der Waals surface area (Å²) in [5.74, 6) is 0.657. The van der Waals surface area contributed by atoms with Crippen molar-refractivity contribution in [3.63, 3.8) is 0 Å². The fourth-order valence-electron chi connectivity index (χ4n) is 4.73. The van der Waals surface area contributed by atoms with E-state index in [9.17, 15) is 13.2 Å². The number of sulfonamides is 1. The van der Waals surface area contributed by atoms with Gasteiger partial charge in [0.25, 0.3) is 5.91 Å². The van der Waals surface area contributed by atoms with E-state index in [-0.39, 0.29) is 16.8 Å². The number of amides is 1. The summed E-state index contributed by atoms with van der Waals surface area (Å²) in [6, 6.07) is 4.90. The zero-order valence-electron chi connectivity index (χ0n) is 19.5. The van der Waals surface area contributed by atoms with Gasteiger partial charge in [-0.2, -0.15) is 0 Å². The van der Waals surface area contributed by atoms with Crippen LogP contribution < -0.4 is 10.0 Å². The summed E-state index contributed by atoms with van der Waals surface area (Å²) < 4.78 is 28.0. The molecule has 1 aromatic rings. The van der Waals surface area contributed by atoms with E-state index >= 15 is 0 Å². The van der Waals surface area contributed by atoms with Crippen molar-refractivity contribution >= 4 is 15.9 Å². The highest BCUT2D eigenvalue weighted by molar-refractivity contribution is 7.89. The first-order valence-corrected chi connectivity index (χ1v) is 13.2. The lowest BCUT2D eigenvalue weighted by molar-refractivity contribution is 0.0900. The number of nitrogens with one attached hydrogen (secondary N) is 2. The normalized spacial score (nSPS) is 20.0. The van der Waals surface area contributed by atoms with Crippen molar-refractivity contribution in [3.8, 4) is 0 Å². The molecule has 0 radical (unpaired) electrons. The Labute approximate surface area is 188 Å². The van der Waals surface area contributed by atoms with E-state index in [4.69, 9.17) is 0 Å². The number of hydrogen-bond donors (Lipinski definition) is 2. The first-order valence-electron chi connectivity index (χ1n) is 11.7. The zero-order chi connectivity index (χ0) is 22.6. The van der Waals surface area contributed by atoms with Crippen LogP contribution in [0.1, 0.15) is 81.6 Å². The van der Waals surface area contributed by atoms with Gasteiger partial charge in [-0.05, 0) is 77.0 Å². The van der Waals surface area contributed by atoms with Gasteiger partial charge in [0.15, 0.2) is 0 Å². The van der Waals surface area contributed by atoms with Crippen LogP contribution in [0, 0.1) is 12.8 Å². The molecule has 2 fully saturated rings. The third-order valence-corrected chi connectivity index (χ3v) is 8.12. The van der Waals surface area contributed by atoms with Crippen LogP contribution >= 0.6 is 0 Å². The van der Waals surface area contributed by atoms with Crippen molar-refractivity contribution in [1.29, 1.82) is 0 Å². The largest absolute Gasteiger partial charge is 0.349 e. The topological polar surface area (TPSA) is 78.5 Å². The molecular weight excluding hydrogens is 410 g/mol. The van der Waals surface area contributed by atoms with Gasteiger partial charge < -0.3 is 10.2 Å². The number of aryl methyl sites for hydroxylation is 1. The quantitative estimate of drug-likeness (QED) is 0.692. The Morgan fingerprint density at radius 2 is 1.71 bits per heavy atom. The Morgan fingerprint density at radius 3 is 2.32 bits per heavy atom. The maximum atomic E-state index is 13.0. The molecule has 1 saturated carbocycles. The lowest BCUT2D eigenvalue weighted by Gasteiger charge is -2.35. The predicted octanol–water partition coefficient (Wildman–Crippen LogP) is 3.85. The number of benzene rings is 1. The average Bonchev–Trinajstić information content (AvgIpc) is 2.68. The number of carbonyl (C=O) groups is 1. The minimum atomic E-state index is -3.68. The molecule has 7 heteroatoms. The molecule has 0 atom stereocenters. The average molecular weight is 450 g/mol. The number of nitrogens with zero attached hydrogens (tertiary/aromatic N) is 1. The van der Waals surface area contributed by atoms with Crippen LogP contribution in [-0.4, -0.2) is 50.4 Å². The van der Waals surface area contributed by atoms with Crippen LogP contribution in [0.15, 0.2) is 23.1 Å². The molecule has 6 nitrogen and oxygen atoms in total. The van der Waals surface area contributed by atoms with Gasteiger partial charge in [-0.3, -0.25) is 4.79 Å². The van der Waals surface area contributed by atoms with E-state index < -0.39 is 15.6 Å². The molecule has 2 aliphatic rings. The Kier molecular flexibility index (Phi) is 7.81. The monoisotopic (exact) mass is 449 g/mol. The SMILES string of the molecule is Cc1ccc(S(=O)(=O)NC(C)(C)C)cc1C(=O)NC1CCN(CC2CCCCC2)CC1. The second-order valence-corrected chi connectivity index (χ2v) is 12.1. The lowest BCUT2D eigenvalue weighted by atomic mass is 9.88. The van der Waals surface area contributed by atoms with E-state index in [1.54, 1.807) is 32.9 Å². The van der Waals surface area contributed by atoms with Crippen molar-refractivity contribution in [2.45, 2.75) is 89.1 Å². The highest BCUT2D eigenvalue weighted by atomic mass is 32.2. The fourth-order valence-corrected chi connectivity index (χ4v) is 6.18. The third kappa shape index (κ3) is 7.02. The summed E-state index contributed by atoms with van der Waals surface area (Å²) in [6.07, 6.45) is 8.74. The van der Waals surface area contributed by atoms with Crippen LogP contribution in [0.5, 0.6) is 0 Å². The number of rotatable bonds is 6. The van der Waals surface area contributed by atoms with Gasteiger partial charge in [-0.25, -0.2) is 13.1 Å². The first kappa shape index (κ1) is 24.2. The molecule has 1 heterocycles. The number of hydrogen-bond acceptors (Lipinski definition) is 4. The smallest absolute Gasteiger partial charge is 0.251 e. The van der Waals surface area contributed by atoms with Gasteiger partial charge in [-0.1, -0.05) is 25.3 Å². The van der Waals surface area contributed by atoms with Crippen LogP contribution in [0.25, 0.3) is 0 Å². The fraction of sp³-hybridized carbons (Fsp3) is 0.708. The number of piperidine rings is 1. The predicted molar refractivity (Wildman–Crippen MR) is 125 cm³/mol. The van der Waals surface area contributed by atoms with Crippen LogP contribution in [0.2, 0.25) is 0 Å². The molecule has 1 amide bonds. The highest BCUT2D eigenvalue weighted by Crippen LogP contribution is 2.25. The molecule has 1 aromatic carbocycles. The molecule has 1 saturated heterocycles. The summed E-state index contributed by atoms with van der Waals surface area (Å²) >= 11 is 0. The molecule has 2 N–H and O–H groups in total. The van der Waals surface area contributed by atoms with Crippen molar-refractivity contribution < 1.29 is 13.2 Å². The molecule has 1 aliphatic heterocycles. The minimum absolute atomic E-state index is 0.125. The van der Waals surface area contributed by atoms with Crippen molar-refractivity contribution in [3.05, 3.63) is 29.3 Å². The van der Waals surface area contributed by atoms with E-state index in [1.807, 2.05) is 6.92 Å². The zero-order valence-corrected chi connectivity index (χ0v) is 20.4. The summed E-state index contributed by atoms with van der Waals surface area (Å²) in [5.41, 5.74) is 0.626. The Bertz CT molecular complexity index is 863. The number of carbonyl (C=O) groups excluding carboxylic acids is 1. The van der Waals surface area contributed by atoms with Gasteiger partial charge in [-0.15, -0.1) is 0 Å². The van der Waals surface area contributed by atoms with Crippen molar-refractivity contribution in [1.82, 2.24) is 14.9 Å². The summed E-state index contributed by atoms with van der Waals surface area (Å²) in [4.78, 5) is 15.6. The standard InChI is InChI=1S/C24H39N3O3S/c1-18-10-11-21(31(29,30)26-24(2,3)4)16-22(18)23(28)25-20-12-14-27(15-13-20)17-19-8-6-5-7-9-19/h10-11,16,19-20,26H,5-9,12-15,17H2,1-4H3,(H,25,28). The second-order valence-electron chi connectivity index (χ2n) is 10.4. The van der Waals surface area contributed by atoms with E-state index in [1.165, 1.54) is 44.7 Å². The number of likely N-dealkylation sites (tertiary alicyclic amines) is 1. The molecule has 1 aliphatic carbocycles. The molecular formula is C24H39N3O3S. The Balaban J connectivity index is 1.58. The minimum Gasteiger partial charge on any atom is -0.349 e. The van der Waals surface area contributed by atoms with Gasteiger partial charge >= 0.3 is 0 Å². The molecule has 0 bridgehead atoms. The molecule has 3 rings (SSSR count). The van der Waals surface area contributed by atoms with Gasteiger partial charge in [0.1, 0.15) is 0 Å². The van der Waals surface area contributed by atoms with Crippen molar-refractivity contribution in [2.24, 2.45) is 5.92 Å². The second kappa shape index (κ2) is 10.0. The molecule has 31 heavy (non-hydrogen) atoms. The molecule has 0 unspecified atom stereocenters. The van der Waals surface area contributed by atoms with Crippen molar-refractivity contribution in [2.75, 3.05) is 19.6 Å². The summed E-state index contributed by atoms with van der Waals surface area (Å²) in [6.45, 7) is 10.5. The molecule has 0 spiro atoms. The van der Waals surface area contributed by atoms with Gasteiger partial charge in [0, 0.05) is 36.8 Å². The van der Waals surface area contributed by atoms with Crippen LogP contribution in [-0.2, 0) is 10.0 Å². The van der Waals surface area contributed by atoms with Crippen LogP contribution in [0.3, 0.4) is 0 Å². The van der Waals surface area contributed by atoms with E-state index in [2.05, 4.69) is 14.9 Å². The Morgan fingerprint density at radius 1 is 1.06 bits per heavy atom. The maximum absolute atomic E-state index is 13.0. The summed E-state index contributed by atoms with van der Waals surface area (Å²) in [5, 5.41) is 3.15. The van der Waals surface area contributed by atoms with Gasteiger partial charge in [0.2, 0.25) is 10.0 Å². The highest BCUT2D eigenvalue weighted by Gasteiger charge is 2.26. The maximum Gasteiger partial charge on any atom is 0.251 e. The molecule has 174 valence electrons. The molecule has 0 aromatic heterocycles. The van der Waals surface area contributed by atoms with E-state index in [0.29, 0.717) is 5.56 Å². The first-order chi connectivity index (χ1) is 14.5. The summed E-state index contributed by atoms with van der Waals surface area (Å²) in [7, 11) is -3.68. The third-order valence-electron chi connectivity index (χ3n) is 6.37. The van der Waals surface area contributed by atoms with Crippen LogP contribution in [0.4, 0.5) is 0 Å². The van der Waals surface area contributed by atoms with E-state index in [0.717, 1.165) is 37.4 Å². The Hall–Kier alpha value is -1.44.